The van der Waals surface area contributed by atoms with Gasteiger partial charge in [-0.25, -0.2) is 13.2 Å². The van der Waals surface area contributed by atoms with Crippen molar-refractivity contribution < 1.29 is 22.7 Å². The largest absolute Gasteiger partial charge is 0.452 e. The van der Waals surface area contributed by atoms with E-state index in [-0.39, 0.29) is 23.0 Å². The van der Waals surface area contributed by atoms with Crippen LogP contribution in [-0.4, -0.2) is 56.2 Å². The summed E-state index contributed by atoms with van der Waals surface area (Å²) in [4.78, 5) is 25.8. The number of nitrogens with zero attached hydrogens (tertiary/aromatic N) is 2. The lowest BCUT2D eigenvalue weighted by Crippen LogP contribution is -2.31. The Morgan fingerprint density at radius 3 is 2.25 bits per heavy atom. The lowest BCUT2D eigenvalue weighted by molar-refractivity contribution is -0.133. The first-order valence-electron chi connectivity index (χ1n) is 8.82. The van der Waals surface area contributed by atoms with Crippen LogP contribution in [0.15, 0.2) is 46.0 Å². The standard InChI is InChI=1S/C19H24N2O5S2/c1-4-21(5-2)28(24,25)17-8-6-16(7-9-17)19(23)26-13-18(22)20(3)12-15-10-11-27-14-15/h6-11,14H,4-5,12-13H2,1-3H3. The van der Waals surface area contributed by atoms with Gasteiger partial charge in [0.2, 0.25) is 10.0 Å². The van der Waals surface area contributed by atoms with Crippen molar-refractivity contribution in [3.05, 3.63) is 52.2 Å². The van der Waals surface area contributed by atoms with E-state index in [1.54, 1.807) is 32.2 Å². The molecule has 0 saturated carbocycles. The van der Waals surface area contributed by atoms with Gasteiger partial charge in [-0.2, -0.15) is 15.6 Å². The van der Waals surface area contributed by atoms with Crippen molar-refractivity contribution >= 4 is 33.2 Å². The van der Waals surface area contributed by atoms with Crippen LogP contribution in [-0.2, 0) is 26.1 Å². The average molecular weight is 425 g/mol. The minimum atomic E-state index is -3.58. The van der Waals surface area contributed by atoms with Gasteiger partial charge in [0.25, 0.3) is 5.91 Å². The van der Waals surface area contributed by atoms with Gasteiger partial charge >= 0.3 is 5.97 Å². The summed E-state index contributed by atoms with van der Waals surface area (Å²) in [6.07, 6.45) is 0. The quantitative estimate of drug-likeness (QED) is 0.578. The predicted molar refractivity (Wildman–Crippen MR) is 108 cm³/mol. The van der Waals surface area contributed by atoms with E-state index in [0.717, 1.165) is 5.56 Å². The number of ether oxygens (including phenoxy) is 1. The smallest absolute Gasteiger partial charge is 0.338 e. The molecule has 9 heteroatoms. The molecule has 0 atom stereocenters. The number of benzene rings is 1. The summed E-state index contributed by atoms with van der Waals surface area (Å²) in [6, 6.07) is 7.44. The molecule has 1 heterocycles. The molecule has 0 N–H and O–H groups in total. The van der Waals surface area contributed by atoms with Crippen LogP contribution in [0.4, 0.5) is 0 Å². The van der Waals surface area contributed by atoms with Gasteiger partial charge in [-0.15, -0.1) is 0 Å². The zero-order valence-electron chi connectivity index (χ0n) is 16.1. The first-order chi connectivity index (χ1) is 13.3. The summed E-state index contributed by atoms with van der Waals surface area (Å²) in [6.45, 7) is 4.32. The fourth-order valence-corrected chi connectivity index (χ4v) is 4.66. The molecule has 2 aromatic rings. The fraction of sp³-hybridized carbons (Fsp3) is 0.368. The number of carbonyl (C=O) groups excluding carboxylic acids is 2. The van der Waals surface area contributed by atoms with Gasteiger partial charge in [0.05, 0.1) is 10.5 Å². The number of rotatable bonds is 9. The molecule has 1 aromatic heterocycles. The van der Waals surface area contributed by atoms with Crippen LogP contribution in [0.3, 0.4) is 0 Å². The molecule has 0 unspecified atom stereocenters. The second-order valence-electron chi connectivity index (χ2n) is 6.07. The van der Waals surface area contributed by atoms with Gasteiger partial charge in [-0.05, 0) is 46.7 Å². The number of sulfonamides is 1. The zero-order chi connectivity index (χ0) is 20.7. The van der Waals surface area contributed by atoms with Crippen molar-refractivity contribution in [1.29, 1.82) is 0 Å². The number of amides is 1. The minimum absolute atomic E-state index is 0.110. The van der Waals surface area contributed by atoms with Crippen LogP contribution in [0.5, 0.6) is 0 Å². The van der Waals surface area contributed by atoms with E-state index in [1.807, 2.05) is 16.8 Å². The molecule has 0 spiro atoms. The van der Waals surface area contributed by atoms with Gasteiger partial charge in [0.1, 0.15) is 0 Å². The van der Waals surface area contributed by atoms with Crippen LogP contribution in [0.25, 0.3) is 0 Å². The van der Waals surface area contributed by atoms with Crippen LogP contribution in [0.2, 0.25) is 0 Å². The molecule has 0 fully saturated rings. The first-order valence-corrected chi connectivity index (χ1v) is 11.2. The monoisotopic (exact) mass is 424 g/mol. The van der Waals surface area contributed by atoms with E-state index in [0.29, 0.717) is 19.6 Å². The van der Waals surface area contributed by atoms with Gasteiger partial charge in [-0.1, -0.05) is 13.8 Å². The van der Waals surface area contributed by atoms with E-state index in [4.69, 9.17) is 4.74 Å². The second kappa shape index (κ2) is 9.81. The van der Waals surface area contributed by atoms with Crippen LogP contribution < -0.4 is 0 Å². The summed E-state index contributed by atoms with van der Waals surface area (Å²) in [5.41, 5.74) is 1.20. The summed E-state index contributed by atoms with van der Waals surface area (Å²) in [5.74, 6) is -0.996. The third-order valence-corrected chi connectivity index (χ3v) is 6.98. The molecule has 1 amide bonds. The van der Waals surface area contributed by atoms with Crippen molar-refractivity contribution in [2.24, 2.45) is 0 Å². The lowest BCUT2D eigenvalue weighted by Gasteiger charge is -2.18. The Morgan fingerprint density at radius 1 is 1.07 bits per heavy atom. The minimum Gasteiger partial charge on any atom is -0.452 e. The van der Waals surface area contributed by atoms with Crippen LogP contribution >= 0.6 is 11.3 Å². The Kier molecular flexibility index (Phi) is 7.73. The number of hydrogen-bond acceptors (Lipinski definition) is 6. The Balaban J connectivity index is 1.95. The molecule has 152 valence electrons. The molecular weight excluding hydrogens is 400 g/mol. The maximum atomic E-state index is 12.5. The zero-order valence-corrected chi connectivity index (χ0v) is 17.8. The molecule has 7 nitrogen and oxygen atoms in total. The van der Waals surface area contributed by atoms with Gasteiger partial charge in [0.15, 0.2) is 6.61 Å². The molecule has 0 aliphatic rings. The van der Waals surface area contributed by atoms with E-state index in [2.05, 4.69) is 0 Å². The van der Waals surface area contributed by atoms with E-state index in [1.165, 1.54) is 33.5 Å². The topological polar surface area (TPSA) is 84.0 Å². The van der Waals surface area contributed by atoms with E-state index in [9.17, 15) is 18.0 Å². The summed E-state index contributed by atoms with van der Waals surface area (Å²) < 4.78 is 31.3. The number of thiophene rings is 1. The molecule has 0 saturated heterocycles. The Hall–Kier alpha value is -2.23. The maximum Gasteiger partial charge on any atom is 0.338 e. The summed E-state index contributed by atoms with van der Waals surface area (Å²) in [7, 11) is -1.94. The number of likely N-dealkylation sites (N-methyl/N-ethyl adjacent to an activating group) is 1. The maximum absolute atomic E-state index is 12.5. The SMILES string of the molecule is CCN(CC)S(=O)(=O)c1ccc(C(=O)OCC(=O)N(C)Cc2ccsc2)cc1. The predicted octanol–water partition coefficient (Wildman–Crippen LogP) is 2.59. The fourth-order valence-electron chi connectivity index (χ4n) is 2.54. The summed E-state index contributed by atoms with van der Waals surface area (Å²) >= 11 is 1.55. The van der Waals surface area contributed by atoms with Gasteiger partial charge in [-0.3, -0.25) is 4.79 Å². The first kappa shape index (κ1) is 22.1. The number of hydrogen-bond donors (Lipinski definition) is 0. The van der Waals surface area contributed by atoms with Gasteiger partial charge < -0.3 is 9.64 Å². The molecule has 0 bridgehead atoms. The van der Waals surface area contributed by atoms with Crippen LogP contribution in [0.1, 0.15) is 29.8 Å². The highest BCUT2D eigenvalue weighted by molar-refractivity contribution is 7.89. The van der Waals surface area contributed by atoms with E-state index >= 15 is 0 Å². The highest BCUT2D eigenvalue weighted by atomic mass is 32.2. The molecule has 0 radical (unpaired) electrons. The van der Waals surface area contributed by atoms with Crippen molar-refractivity contribution in [2.45, 2.75) is 25.3 Å². The normalized spacial score (nSPS) is 11.4. The third kappa shape index (κ3) is 5.40. The Bertz CT molecular complexity index is 889. The Labute approximate surface area is 169 Å². The van der Waals surface area contributed by atoms with Crippen LogP contribution in [0, 0.1) is 0 Å². The molecule has 2 rings (SSSR count). The van der Waals surface area contributed by atoms with Crippen molar-refractivity contribution in [2.75, 3.05) is 26.7 Å². The number of carbonyl (C=O) groups is 2. The Morgan fingerprint density at radius 2 is 1.71 bits per heavy atom. The van der Waals surface area contributed by atoms with Crippen molar-refractivity contribution in [3.8, 4) is 0 Å². The van der Waals surface area contributed by atoms with E-state index < -0.39 is 16.0 Å². The highest BCUT2D eigenvalue weighted by Crippen LogP contribution is 2.16. The highest BCUT2D eigenvalue weighted by Gasteiger charge is 2.22. The third-order valence-electron chi connectivity index (χ3n) is 4.19. The molecule has 0 aliphatic carbocycles. The molecule has 1 aromatic carbocycles. The molecule has 28 heavy (non-hydrogen) atoms. The lowest BCUT2D eigenvalue weighted by atomic mass is 10.2. The van der Waals surface area contributed by atoms with Gasteiger partial charge in [0, 0.05) is 26.7 Å². The van der Waals surface area contributed by atoms with Crippen molar-refractivity contribution in [1.82, 2.24) is 9.21 Å². The second-order valence-corrected chi connectivity index (χ2v) is 8.79. The summed E-state index contributed by atoms with van der Waals surface area (Å²) in [5, 5.41) is 3.88. The average Bonchev–Trinajstić information content (AvgIpc) is 3.19. The van der Waals surface area contributed by atoms with Crippen molar-refractivity contribution in [3.63, 3.8) is 0 Å². The number of esters is 1. The molecule has 0 aliphatic heterocycles. The molecular formula is C19H24N2O5S2.